The van der Waals surface area contributed by atoms with Crippen molar-refractivity contribution in [2.24, 2.45) is 0 Å². The molecule has 4 nitrogen and oxygen atoms in total. The van der Waals surface area contributed by atoms with Gasteiger partial charge in [0.2, 0.25) is 0 Å². The number of carbonyl (C=O) groups is 1. The van der Waals surface area contributed by atoms with E-state index in [0.717, 1.165) is 5.56 Å². The lowest BCUT2D eigenvalue weighted by Gasteiger charge is -2.04. The maximum absolute atomic E-state index is 11.5. The third-order valence-electron chi connectivity index (χ3n) is 2.35. The Balaban J connectivity index is 3.03. The molecule has 0 saturated heterocycles. The maximum Gasteiger partial charge on any atom is 0.336 e. The van der Waals surface area contributed by atoms with Crippen LogP contribution >= 0.6 is 0 Å². The molecular formula is C11H9NO3. The number of benzene rings is 1. The molecule has 1 heterocycles. The number of aromatic amines is 1. The van der Waals surface area contributed by atoms with Gasteiger partial charge in [0.05, 0.1) is 5.56 Å². The van der Waals surface area contributed by atoms with Crippen molar-refractivity contribution >= 4 is 16.7 Å². The molecule has 2 aromatic rings. The van der Waals surface area contributed by atoms with Gasteiger partial charge in [-0.3, -0.25) is 4.79 Å². The van der Waals surface area contributed by atoms with E-state index >= 15 is 0 Å². The fraction of sp³-hybridized carbons (Fsp3) is 0.0909. The summed E-state index contributed by atoms with van der Waals surface area (Å²) >= 11 is 0. The molecule has 0 aliphatic heterocycles. The lowest BCUT2D eigenvalue weighted by molar-refractivity contribution is 0.0699. The second-order valence-electron chi connectivity index (χ2n) is 3.33. The fourth-order valence-electron chi connectivity index (χ4n) is 1.67. The summed E-state index contributed by atoms with van der Waals surface area (Å²) in [6.07, 6.45) is 1.52. The first kappa shape index (κ1) is 9.45. The van der Waals surface area contributed by atoms with E-state index in [1.807, 2.05) is 0 Å². The zero-order chi connectivity index (χ0) is 11.0. The first-order chi connectivity index (χ1) is 7.11. The Bertz CT molecular complexity index is 598. The summed E-state index contributed by atoms with van der Waals surface area (Å²) in [6.45, 7) is 1.77. The summed E-state index contributed by atoms with van der Waals surface area (Å²) in [7, 11) is 0. The molecule has 15 heavy (non-hydrogen) atoms. The van der Waals surface area contributed by atoms with Crippen LogP contribution in [0.5, 0.6) is 0 Å². The number of nitrogens with one attached hydrogen (secondary N) is 1. The van der Waals surface area contributed by atoms with Crippen molar-refractivity contribution in [2.75, 3.05) is 0 Å². The van der Waals surface area contributed by atoms with Gasteiger partial charge in [0.1, 0.15) is 0 Å². The van der Waals surface area contributed by atoms with Gasteiger partial charge in [0.15, 0.2) is 0 Å². The third kappa shape index (κ3) is 1.40. The van der Waals surface area contributed by atoms with Crippen molar-refractivity contribution in [3.8, 4) is 0 Å². The minimum absolute atomic E-state index is 0.163. The lowest BCUT2D eigenvalue weighted by Crippen LogP contribution is -2.09. The van der Waals surface area contributed by atoms with Gasteiger partial charge in [-0.15, -0.1) is 0 Å². The van der Waals surface area contributed by atoms with Crippen LogP contribution in [0.15, 0.2) is 29.2 Å². The second kappa shape index (κ2) is 3.24. The van der Waals surface area contributed by atoms with E-state index in [0.29, 0.717) is 10.8 Å². The molecule has 0 aliphatic carbocycles. The highest BCUT2D eigenvalue weighted by Crippen LogP contribution is 2.18. The Morgan fingerprint density at radius 2 is 2.13 bits per heavy atom. The number of rotatable bonds is 1. The summed E-state index contributed by atoms with van der Waals surface area (Å²) < 4.78 is 0. The Morgan fingerprint density at radius 3 is 2.80 bits per heavy atom. The third-order valence-corrected chi connectivity index (χ3v) is 2.35. The van der Waals surface area contributed by atoms with E-state index in [9.17, 15) is 9.59 Å². The van der Waals surface area contributed by atoms with Crippen LogP contribution in [-0.4, -0.2) is 16.1 Å². The molecule has 0 unspecified atom stereocenters. The zero-order valence-corrected chi connectivity index (χ0v) is 8.07. The molecule has 0 spiro atoms. The Morgan fingerprint density at radius 1 is 1.40 bits per heavy atom. The smallest absolute Gasteiger partial charge is 0.336 e. The number of aromatic carboxylic acids is 1. The molecule has 0 radical (unpaired) electrons. The minimum atomic E-state index is -1.02. The predicted molar refractivity (Wildman–Crippen MR) is 56.3 cm³/mol. The average molecular weight is 203 g/mol. The number of pyridine rings is 1. The SMILES string of the molecule is Cc1c[nH]c(=O)c2cccc(C(=O)O)c12. The number of fused-ring (bicyclic) bond motifs is 1. The highest BCUT2D eigenvalue weighted by molar-refractivity contribution is 6.04. The molecule has 4 heteroatoms. The van der Waals surface area contributed by atoms with Crippen LogP contribution in [0.2, 0.25) is 0 Å². The van der Waals surface area contributed by atoms with Crippen LogP contribution in [0.3, 0.4) is 0 Å². The summed E-state index contributed by atoms with van der Waals surface area (Å²) in [4.78, 5) is 25.0. The van der Waals surface area contributed by atoms with Crippen molar-refractivity contribution in [2.45, 2.75) is 6.92 Å². The van der Waals surface area contributed by atoms with E-state index in [4.69, 9.17) is 5.11 Å². The van der Waals surface area contributed by atoms with Crippen molar-refractivity contribution in [1.29, 1.82) is 0 Å². The van der Waals surface area contributed by atoms with Crippen LogP contribution < -0.4 is 5.56 Å². The van der Waals surface area contributed by atoms with Gasteiger partial charge in [-0.2, -0.15) is 0 Å². The van der Waals surface area contributed by atoms with Crippen LogP contribution in [-0.2, 0) is 0 Å². The van der Waals surface area contributed by atoms with Crippen molar-refractivity contribution in [3.63, 3.8) is 0 Å². The summed E-state index contributed by atoms with van der Waals surface area (Å²) in [6, 6.07) is 4.69. The first-order valence-corrected chi connectivity index (χ1v) is 4.45. The van der Waals surface area contributed by atoms with E-state index in [2.05, 4.69) is 4.98 Å². The van der Waals surface area contributed by atoms with Gasteiger partial charge in [-0.05, 0) is 24.6 Å². The molecule has 0 atom stereocenters. The van der Waals surface area contributed by atoms with Gasteiger partial charge in [-0.25, -0.2) is 4.79 Å². The summed E-state index contributed by atoms with van der Waals surface area (Å²) in [5.41, 5.74) is 0.650. The van der Waals surface area contributed by atoms with Gasteiger partial charge in [-0.1, -0.05) is 6.07 Å². The molecule has 76 valence electrons. The van der Waals surface area contributed by atoms with Crippen LogP contribution in [0, 0.1) is 6.92 Å². The number of aromatic nitrogens is 1. The number of H-pyrrole nitrogens is 1. The van der Waals surface area contributed by atoms with Crippen LogP contribution in [0.4, 0.5) is 0 Å². The monoisotopic (exact) mass is 203 g/mol. The highest BCUT2D eigenvalue weighted by Gasteiger charge is 2.11. The van der Waals surface area contributed by atoms with E-state index in [-0.39, 0.29) is 11.1 Å². The van der Waals surface area contributed by atoms with Gasteiger partial charge >= 0.3 is 5.97 Å². The fourth-order valence-corrected chi connectivity index (χ4v) is 1.67. The molecule has 2 rings (SSSR count). The van der Waals surface area contributed by atoms with Crippen LogP contribution in [0.25, 0.3) is 10.8 Å². The number of carboxylic acid groups (broad SMARTS) is 1. The molecule has 0 aliphatic rings. The second-order valence-corrected chi connectivity index (χ2v) is 3.33. The van der Waals surface area contributed by atoms with E-state index in [1.54, 1.807) is 19.1 Å². The van der Waals surface area contributed by atoms with Crippen molar-refractivity contribution in [1.82, 2.24) is 4.98 Å². The number of aryl methyl sites for hydroxylation is 1. The molecule has 1 aromatic heterocycles. The molecule has 0 saturated carbocycles. The highest BCUT2D eigenvalue weighted by atomic mass is 16.4. The topological polar surface area (TPSA) is 70.2 Å². The Kier molecular flexibility index (Phi) is 2.04. The Hall–Kier alpha value is -2.10. The minimum Gasteiger partial charge on any atom is -0.478 e. The number of carboxylic acids is 1. The summed E-state index contributed by atoms with van der Waals surface area (Å²) in [5, 5.41) is 9.91. The van der Waals surface area contributed by atoms with Gasteiger partial charge < -0.3 is 10.1 Å². The van der Waals surface area contributed by atoms with Gasteiger partial charge in [0.25, 0.3) is 5.56 Å². The Labute approximate surface area is 85.2 Å². The van der Waals surface area contributed by atoms with Crippen LogP contribution in [0.1, 0.15) is 15.9 Å². The molecule has 0 fully saturated rings. The standard InChI is InChI=1S/C11H9NO3/c1-6-5-12-10(13)7-3-2-4-8(9(6)7)11(14)15/h2-5H,1H3,(H,12,13)(H,14,15). The lowest BCUT2D eigenvalue weighted by atomic mass is 10.0. The largest absolute Gasteiger partial charge is 0.478 e. The average Bonchev–Trinajstić information content (AvgIpc) is 2.23. The summed E-state index contributed by atoms with van der Waals surface area (Å²) in [5.74, 6) is -1.02. The molecule has 0 amide bonds. The first-order valence-electron chi connectivity index (χ1n) is 4.45. The van der Waals surface area contributed by atoms with Crippen molar-refractivity contribution < 1.29 is 9.90 Å². The van der Waals surface area contributed by atoms with E-state index < -0.39 is 5.97 Å². The van der Waals surface area contributed by atoms with Gasteiger partial charge in [0, 0.05) is 17.0 Å². The molecule has 0 bridgehead atoms. The predicted octanol–water partition coefficient (Wildman–Crippen LogP) is 1.53. The molecular weight excluding hydrogens is 194 g/mol. The zero-order valence-electron chi connectivity index (χ0n) is 8.07. The normalized spacial score (nSPS) is 10.5. The van der Waals surface area contributed by atoms with Crippen molar-refractivity contribution in [3.05, 3.63) is 45.9 Å². The van der Waals surface area contributed by atoms with E-state index in [1.165, 1.54) is 12.3 Å². The number of hydrogen-bond donors (Lipinski definition) is 2. The molecule has 1 aromatic carbocycles. The molecule has 2 N–H and O–H groups in total. The maximum atomic E-state index is 11.5. The number of hydrogen-bond acceptors (Lipinski definition) is 2. The quantitative estimate of drug-likeness (QED) is 0.738.